The zero-order chi connectivity index (χ0) is 10.5. The fraction of sp³-hybridized carbons (Fsp3) is 0.455. The van der Waals surface area contributed by atoms with E-state index < -0.39 is 5.82 Å². The van der Waals surface area contributed by atoms with Crippen molar-refractivity contribution in [3.05, 3.63) is 29.6 Å². The molecule has 1 aromatic carbocycles. The van der Waals surface area contributed by atoms with Crippen LogP contribution in [0.5, 0.6) is 5.75 Å². The van der Waals surface area contributed by atoms with Crippen LogP contribution in [-0.2, 0) is 0 Å². The van der Waals surface area contributed by atoms with E-state index in [1.165, 1.54) is 12.1 Å². The number of phenols is 1. The van der Waals surface area contributed by atoms with E-state index in [0.717, 1.165) is 5.56 Å². The highest BCUT2D eigenvalue weighted by Gasteiger charge is 2.56. The van der Waals surface area contributed by atoms with Crippen LogP contribution in [0.1, 0.15) is 25.3 Å². The Morgan fingerprint density at radius 3 is 2.43 bits per heavy atom. The van der Waals surface area contributed by atoms with Gasteiger partial charge >= 0.3 is 0 Å². The van der Waals surface area contributed by atoms with Crippen LogP contribution in [-0.4, -0.2) is 11.1 Å². The van der Waals surface area contributed by atoms with Crippen LogP contribution in [0, 0.1) is 11.2 Å². The Hall–Kier alpha value is -1.09. The molecule has 3 heteroatoms. The SMILES string of the molecule is CC1(C)C(N)C1c1ccc(O)c(F)c1. The molecule has 2 unspecified atom stereocenters. The molecule has 1 aliphatic carbocycles. The summed E-state index contributed by atoms with van der Waals surface area (Å²) in [4.78, 5) is 0. The van der Waals surface area contributed by atoms with Crippen molar-refractivity contribution >= 4 is 0 Å². The maximum Gasteiger partial charge on any atom is 0.165 e. The van der Waals surface area contributed by atoms with E-state index >= 15 is 0 Å². The molecule has 2 atom stereocenters. The van der Waals surface area contributed by atoms with E-state index in [1.54, 1.807) is 6.07 Å². The van der Waals surface area contributed by atoms with Gasteiger partial charge < -0.3 is 10.8 Å². The summed E-state index contributed by atoms with van der Waals surface area (Å²) in [7, 11) is 0. The van der Waals surface area contributed by atoms with Gasteiger partial charge in [0.2, 0.25) is 0 Å². The van der Waals surface area contributed by atoms with Crippen molar-refractivity contribution in [3.8, 4) is 5.75 Å². The summed E-state index contributed by atoms with van der Waals surface area (Å²) in [5.74, 6) is -0.671. The number of rotatable bonds is 1. The second kappa shape index (κ2) is 2.70. The van der Waals surface area contributed by atoms with Crippen molar-refractivity contribution in [3.63, 3.8) is 0 Å². The van der Waals surface area contributed by atoms with E-state index in [0.29, 0.717) is 0 Å². The Kier molecular flexibility index (Phi) is 1.83. The second-order valence-corrected chi connectivity index (χ2v) is 4.54. The molecule has 2 rings (SSSR count). The molecule has 1 aliphatic rings. The average Bonchev–Trinajstić information content (AvgIpc) is 2.58. The van der Waals surface area contributed by atoms with Crippen LogP contribution in [0.15, 0.2) is 18.2 Å². The first kappa shape index (κ1) is 9.46. The summed E-state index contributed by atoms with van der Waals surface area (Å²) in [6.45, 7) is 4.13. The molecule has 1 fully saturated rings. The van der Waals surface area contributed by atoms with E-state index in [9.17, 15) is 4.39 Å². The van der Waals surface area contributed by atoms with Crippen molar-refractivity contribution in [1.82, 2.24) is 0 Å². The van der Waals surface area contributed by atoms with Crippen molar-refractivity contribution < 1.29 is 9.50 Å². The van der Waals surface area contributed by atoms with Crippen LogP contribution in [0.4, 0.5) is 4.39 Å². The van der Waals surface area contributed by atoms with Crippen LogP contribution in [0.3, 0.4) is 0 Å². The van der Waals surface area contributed by atoms with Crippen LogP contribution in [0.2, 0.25) is 0 Å². The Labute approximate surface area is 82.5 Å². The quantitative estimate of drug-likeness (QED) is 0.719. The van der Waals surface area contributed by atoms with Gasteiger partial charge in [-0.2, -0.15) is 0 Å². The topological polar surface area (TPSA) is 46.2 Å². The predicted molar refractivity (Wildman–Crippen MR) is 52.6 cm³/mol. The van der Waals surface area contributed by atoms with Gasteiger partial charge in [-0.3, -0.25) is 0 Å². The molecule has 1 saturated carbocycles. The molecule has 3 N–H and O–H groups in total. The zero-order valence-corrected chi connectivity index (χ0v) is 8.29. The summed E-state index contributed by atoms with van der Waals surface area (Å²) in [5.41, 5.74) is 6.80. The minimum absolute atomic E-state index is 0.0451. The number of halogens is 1. The van der Waals surface area contributed by atoms with Gasteiger partial charge in [-0.25, -0.2) is 4.39 Å². The van der Waals surface area contributed by atoms with Gasteiger partial charge in [0.1, 0.15) is 0 Å². The first-order valence-corrected chi connectivity index (χ1v) is 4.68. The molecular weight excluding hydrogens is 181 g/mol. The molecule has 2 nitrogen and oxygen atoms in total. The molecule has 0 spiro atoms. The maximum atomic E-state index is 13.1. The molecule has 0 radical (unpaired) electrons. The molecule has 0 saturated heterocycles. The summed E-state index contributed by atoms with van der Waals surface area (Å²) in [5, 5.41) is 9.04. The fourth-order valence-electron chi connectivity index (χ4n) is 2.03. The minimum atomic E-state index is -0.572. The number of phenolic OH excluding ortho intramolecular Hbond substituents is 1. The number of hydrogen-bond donors (Lipinski definition) is 2. The third-order valence-electron chi connectivity index (χ3n) is 3.24. The standard InChI is InChI=1S/C11H14FNO/c1-11(2)9(10(11)13)6-3-4-8(14)7(12)5-6/h3-5,9-10,14H,13H2,1-2H3. The minimum Gasteiger partial charge on any atom is -0.505 e. The molecule has 0 bridgehead atoms. The molecule has 0 aromatic heterocycles. The van der Waals surface area contributed by atoms with Crippen molar-refractivity contribution in [2.45, 2.75) is 25.8 Å². The van der Waals surface area contributed by atoms with E-state index in [1.807, 2.05) is 0 Å². The van der Waals surface area contributed by atoms with Crippen LogP contribution < -0.4 is 5.73 Å². The lowest BCUT2D eigenvalue weighted by Gasteiger charge is -2.03. The highest BCUT2D eigenvalue weighted by Crippen LogP contribution is 2.57. The van der Waals surface area contributed by atoms with Crippen LogP contribution >= 0.6 is 0 Å². The summed E-state index contributed by atoms with van der Waals surface area (Å²) in [6.07, 6.45) is 0. The zero-order valence-electron chi connectivity index (χ0n) is 8.29. The third-order valence-corrected chi connectivity index (χ3v) is 3.24. The Morgan fingerprint density at radius 2 is 2.00 bits per heavy atom. The van der Waals surface area contributed by atoms with Crippen molar-refractivity contribution in [2.75, 3.05) is 0 Å². The third kappa shape index (κ3) is 1.20. The second-order valence-electron chi connectivity index (χ2n) is 4.54. The summed E-state index contributed by atoms with van der Waals surface area (Å²) >= 11 is 0. The highest BCUT2D eigenvalue weighted by atomic mass is 19.1. The van der Waals surface area contributed by atoms with Gasteiger partial charge in [0.25, 0.3) is 0 Å². The first-order chi connectivity index (χ1) is 6.44. The monoisotopic (exact) mass is 195 g/mol. The lowest BCUT2D eigenvalue weighted by Crippen LogP contribution is -2.06. The van der Waals surface area contributed by atoms with Gasteiger partial charge in [-0.1, -0.05) is 19.9 Å². The van der Waals surface area contributed by atoms with Crippen LogP contribution in [0.25, 0.3) is 0 Å². The predicted octanol–water partition coefficient (Wildman–Crippen LogP) is 1.98. The smallest absolute Gasteiger partial charge is 0.165 e. The van der Waals surface area contributed by atoms with E-state index in [4.69, 9.17) is 10.8 Å². The van der Waals surface area contributed by atoms with Gasteiger partial charge in [0.05, 0.1) is 0 Å². The van der Waals surface area contributed by atoms with E-state index in [-0.39, 0.29) is 23.1 Å². The number of aromatic hydroxyl groups is 1. The molecule has 1 aromatic rings. The van der Waals surface area contributed by atoms with Crippen molar-refractivity contribution in [2.24, 2.45) is 11.1 Å². The Balaban J connectivity index is 2.32. The van der Waals surface area contributed by atoms with Crippen molar-refractivity contribution in [1.29, 1.82) is 0 Å². The Morgan fingerprint density at radius 1 is 1.43 bits per heavy atom. The molecular formula is C11H14FNO. The molecule has 0 heterocycles. The average molecular weight is 195 g/mol. The summed E-state index contributed by atoms with van der Waals surface area (Å²) in [6, 6.07) is 4.57. The van der Waals surface area contributed by atoms with Gasteiger partial charge in [-0.15, -0.1) is 0 Å². The number of nitrogens with two attached hydrogens (primary N) is 1. The lowest BCUT2D eigenvalue weighted by molar-refractivity contribution is 0.431. The lowest BCUT2D eigenvalue weighted by atomic mass is 10.0. The summed E-state index contributed by atoms with van der Waals surface area (Å²) < 4.78 is 13.1. The van der Waals surface area contributed by atoms with Gasteiger partial charge in [-0.05, 0) is 23.1 Å². The van der Waals surface area contributed by atoms with E-state index in [2.05, 4.69) is 13.8 Å². The van der Waals surface area contributed by atoms with Gasteiger partial charge in [0.15, 0.2) is 11.6 Å². The molecule has 14 heavy (non-hydrogen) atoms. The number of hydrogen-bond acceptors (Lipinski definition) is 2. The normalized spacial score (nSPS) is 28.9. The molecule has 76 valence electrons. The first-order valence-electron chi connectivity index (χ1n) is 4.68. The molecule has 0 amide bonds. The largest absolute Gasteiger partial charge is 0.505 e. The number of benzene rings is 1. The van der Waals surface area contributed by atoms with Gasteiger partial charge in [0, 0.05) is 12.0 Å². The highest BCUT2D eigenvalue weighted by molar-refractivity contribution is 5.37. The fourth-order valence-corrected chi connectivity index (χ4v) is 2.03. The maximum absolute atomic E-state index is 13.1. The Bertz CT molecular complexity index is 376. The molecule has 0 aliphatic heterocycles.